The van der Waals surface area contributed by atoms with Crippen molar-refractivity contribution in [2.24, 2.45) is 0 Å². The third-order valence-corrected chi connectivity index (χ3v) is 6.45. The Morgan fingerprint density at radius 2 is 1.82 bits per heavy atom. The molecule has 4 rings (SSSR count). The average molecular weight is 410 g/mol. The molecule has 0 aliphatic rings. The molecule has 0 saturated heterocycles. The molecule has 144 valence electrons. The van der Waals surface area contributed by atoms with Gasteiger partial charge in [-0.25, -0.2) is 15.0 Å². The van der Waals surface area contributed by atoms with E-state index in [4.69, 9.17) is 9.97 Å². The first-order valence-electron chi connectivity index (χ1n) is 9.16. The molecule has 7 heteroatoms. The lowest BCUT2D eigenvalue weighted by atomic mass is 10.1. The van der Waals surface area contributed by atoms with Crippen molar-refractivity contribution < 1.29 is 0 Å². The molecule has 0 saturated carbocycles. The fourth-order valence-electron chi connectivity index (χ4n) is 3.07. The van der Waals surface area contributed by atoms with Crippen LogP contribution in [0.5, 0.6) is 0 Å². The molecule has 0 spiro atoms. The minimum Gasteiger partial charge on any atom is -0.363 e. The van der Waals surface area contributed by atoms with E-state index < -0.39 is 0 Å². The standard InChI is InChI=1S/C21H23N5S2/c1-13-14(2)28-18(23-13)10-22-20-19-16(15-8-6-5-7-9-15)12-27-21(19)25-17(24-20)11-26(3)4/h5-9,12H,10-11H2,1-4H3,(H,22,24,25). The van der Waals surface area contributed by atoms with Crippen molar-refractivity contribution in [3.05, 3.63) is 57.1 Å². The third kappa shape index (κ3) is 3.92. The largest absolute Gasteiger partial charge is 0.363 e. The minimum atomic E-state index is 0.664. The number of aryl methyl sites for hydroxylation is 2. The molecule has 5 nitrogen and oxygen atoms in total. The molecular formula is C21H23N5S2. The lowest BCUT2D eigenvalue weighted by molar-refractivity contribution is 0.391. The molecule has 0 bridgehead atoms. The number of nitrogens with zero attached hydrogens (tertiary/aromatic N) is 4. The molecule has 1 aromatic carbocycles. The number of aromatic nitrogens is 3. The summed E-state index contributed by atoms with van der Waals surface area (Å²) in [5, 5.41) is 7.88. The van der Waals surface area contributed by atoms with Gasteiger partial charge in [-0.05, 0) is 33.5 Å². The number of rotatable bonds is 6. The Hall–Kier alpha value is -2.35. The van der Waals surface area contributed by atoms with Crippen molar-refractivity contribution in [1.29, 1.82) is 0 Å². The Kier molecular flexibility index (Phi) is 5.39. The second-order valence-electron chi connectivity index (χ2n) is 7.02. The summed E-state index contributed by atoms with van der Waals surface area (Å²) in [6.07, 6.45) is 0. The van der Waals surface area contributed by atoms with Crippen LogP contribution in [0, 0.1) is 13.8 Å². The van der Waals surface area contributed by atoms with E-state index in [2.05, 4.69) is 58.7 Å². The van der Waals surface area contributed by atoms with E-state index in [0.717, 1.165) is 32.6 Å². The second-order valence-corrected chi connectivity index (χ2v) is 9.17. The maximum absolute atomic E-state index is 4.86. The van der Waals surface area contributed by atoms with Crippen LogP contribution in [0.3, 0.4) is 0 Å². The summed E-state index contributed by atoms with van der Waals surface area (Å²) < 4.78 is 0. The van der Waals surface area contributed by atoms with E-state index in [1.807, 2.05) is 20.2 Å². The molecule has 4 aromatic rings. The SMILES string of the molecule is Cc1nc(CNc2nc(CN(C)C)nc3scc(-c4ccccc4)c23)sc1C. The first-order valence-corrected chi connectivity index (χ1v) is 10.9. The van der Waals surface area contributed by atoms with Gasteiger partial charge in [0, 0.05) is 15.8 Å². The highest BCUT2D eigenvalue weighted by Gasteiger charge is 2.16. The molecule has 0 aliphatic heterocycles. The van der Waals surface area contributed by atoms with Crippen LogP contribution in [0.15, 0.2) is 35.7 Å². The van der Waals surface area contributed by atoms with Gasteiger partial charge in [0.05, 0.1) is 24.2 Å². The van der Waals surface area contributed by atoms with Crippen LogP contribution >= 0.6 is 22.7 Å². The van der Waals surface area contributed by atoms with Gasteiger partial charge in [0.15, 0.2) is 0 Å². The van der Waals surface area contributed by atoms with E-state index in [0.29, 0.717) is 13.1 Å². The van der Waals surface area contributed by atoms with Crippen molar-refractivity contribution in [2.45, 2.75) is 26.9 Å². The number of benzene rings is 1. The Balaban J connectivity index is 1.77. The molecule has 0 unspecified atom stereocenters. The van der Waals surface area contributed by atoms with Crippen molar-refractivity contribution in [1.82, 2.24) is 19.9 Å². The number of hydrogen-bond acceptors (Lipinski definition) is 7. The van der Waals surface area contributed by atoms with Gasteiger partial charge in [0.1, 0.15) is 21.5 Å². The van der Waals surface area contributed by atoms with Crippen LogP contribution in [0.25, 0.3) is 21.3 Å². The second kappa shape index (κ2) is 7.95. The Labute approximate surface area is 173 Å². The zero-order valence-corrected chi connectivity index (χ0v) is 18.1. The molecular weight excluding hydrogens is 386 g/mol. The van der Waals surface area contributed by atoms with E-state index >= 15 is 0 Å². The fraction of sp³-hybridized carbons (Fsp3) is 0.286. The minimum absolute atomic E-state index is 0.664. The summed E-state index contributed by atoms with van der Waals surface area (Å²) in [7, 11) is 4.07. The number of nitrogens with one attached hydrogen (secondary N) is 1. The van der Waals surface area contributed by atoms with Crippen LogP contribution in [0.2, 0.25) is 0 Å². The summed E-state index contributed by atoms with van der Waals surface area (Å²) in [6.45, 7) is 5.54. The third-order valence-electron chi connectivity index (χ3n) is 4.50. The summed E-state index contributed by atoms with van der Waals surface area (Å²) >= 11 is 3.40. The van der Waals surface area contributed by atoms with E-state index in [1.54, 1.807) is 22.7 Å². The molecule has 0 fully saturated rings. The monoisotopic (exact) mass is 409 g/mol. The van der Waals surface area contributed by atoms with Crippen LogP contribution in [-0.4, -0.2) is 33.9 Å². The van der Waals surface area contributed by atoms with Crippen molar-refractivity contribution in [3.8, 4) is 11.1 Å². The lowest BCUT2D eigenvalue weighted by Gasteiger charge is -2.12. The molecule has 28 heavy (non-hydrogen) atoms. The van der Waals surface area contributed by atoms with Gasteiger partial charge in [-0.2, -0.15) is 0 Å². The quantitative estimate of drug-likeness (QED) is 0.480. The fourth-order valence-corrected chi connectivity index (χ4v) is 4.91. The van der Waals surface area contributed by atoms with Crippen LogP contribution in [0.1, 0.15) is 21.4 Å². The van der Waals surface area contributed by atoms with Gasteiger partial charge < -0.3 is 10.2 Å². The predicted octanol–water partition coefficient (Wildman–Crippen LogP) is 5.11. The number of thiazole rings is 1. The summed E-state index contributed by atoms with van der Waals surface area (Å²) in [5.74, 6) is 1.71. The van der Waals surface area contributed by atoms with Gasteiger partial charge >= 0.3 is 0 Å². The smallest absolute Gasteiger partial charge is 0.146 e. The van der Waals surface area contributed by atoms with E-state index in [-0.39, 0.29) is 0 Å². The Bertz CT molecular complexity index is 1080. The van der Waals surface area contributed by atoms with Crippen molar-refractivity contribution in [2.75, 3.05) is 19.4 Å². The lowest BCUT2D eigenvalue weighted by Crippen LogP contribution is -2.14. The van der Waals surface area contributed by atoms with Crippen LogP contribution in [0.4, 0.5) is 5.82 Å². The maximum Gasteiger partial charge on any atom is 0.146 e. The van der Waals surface area contributed by atoms with Crippen molar-refractivity contribution in [3.63, 3.8) is 0 Å². The zero-order chi connectivity index (χ0) is 19.7. The maximum atomic E-state index is 4.86. The first-order chi connectivity index (χ1) is 13.5. The molecule has 0 amide bonds. The number of anilines is 1. The molecule has 0 aliphatic carbocycles. The van der Waals surface area contributed by atoms with E-state index in [1.165, 1.54) is 16.0 Å². The molecule has 1 N–H and O–H groups in total. The first kappa shape index (κ1) is 19.0. The highest BCUT2D eigenvalue weighted by Crippen LogP contribution is 2.37. The molecule has 0 atom stereocenters. The number of thiophene rings is 1. The predicted molar refractivity (Wildman–Crippen MR) is 119 cm³/mol. The zero-order valence-electron chi connectivity index (χ0n) is 16.5. The van der Waals surface area contributed by atoms with Gasteiger partial charge in [-0.15, -0.1) is 22.7 Å². The normalized spacial score (nSPS) is 11.5. The van der Waals surface area contributed by atoms with Crippen LogP contribution < -0.4 is 5.32 Å². The summed E-state index contributed by atoms with van der Waals surface area (Å²) in [6, 6.07) is 10.4. The van der Waals surface area contributed by atoms with Gasteiger partial charge in [0.25, 0.3) is 0 Å². The van der Waals surface area contributed by atoms with E-state index in [9.17, 15) is 0 Å². The van der Waals surface area contributed by atoms with Crippen molar-refractivity contribution >= 4 is 38.7 Å². The Morgan fingerprint density at radius 1 is 1.04 bits per heavy atom. The summed E-state index contributed by atoms with van der Waals surface area (Å²) in [4.78, 5) is 18.7. The van der Waals surface area contributed by atoms with Gasteiger partial charge in [-0.1, -0.05) is 30.3 Å². The highest BCUT2D eigenvalue weighted by atomic mass is 32.1. The molecule has 0 radical (unpaired) electrons. The topological polar surface area (TPSA) is 53.9 Å². The van der Waals surface area contributed by atoms with Gasteiger partial charge in [0.2, 0.25) is 0 Å². The summed E-state index contributed by atoms with van der Waals surface area (Å²) in [5.41, 5.74) is 3.45. The molecule has 3 aromatic heterocycles. The average Bonchev–Trinajstić information content (AvgIpc) is 3.23. The molecule has 3 heterocycles. The number of hydrogen-bond donors (Lipinski definition) is 1. The Morgan fingerprint density at radius 3 is 2.50 bits per heavy atom. The van der Waals surface area contributed by atoms with Crippen LogP contribution in [-0.2, 0) is 13.1 Å². The number of fused-ring (bicyclic) bond motifs is 1. The highest BCUT2D eigenvalue weighted by molar-refractivity contribution is 7.17. The van der Waals surface area contributed by atoms with Gasteiger partial charge in [-0.3, -0.25) is 0 Å².